The van der Waals surface area contributed by atoms with Crippen LogP contribution in [0.15, 0.2) is 0 Å². The van der Waals surface area contributed by atoms with Crippen molar-refractivity contribution < 1.29 is 0 Å². The van der Waals surface area contributed by atoms with Crippen molar-refractivity contribution in [2.75, 3.05) is 19.6 Å². The van der Waals surface area contributed by atoms with Crippen LogP contribution in [-0.2, 0) is 0 Å². The van der Waals surface area contributed by atoms with Crippen molar-refractivity contribution in [1.82, 2.24) is 4.90 Å². The molecule has 2 N–H and O–H groups in total. The van der Waals surface area contributed by atoms with Crippen LogP contribution >= 0.6 is 0 Å². The average Bonchev–Trinajstić information content (AvgIpc) is 2.83. The molecule has 2 saturated carbocycles. The molecule has 0 bridgehead atoms. The molecular formula is C13H24N2. The van der Waals surface area contributed by atoms with Crippen molar-refractivity contribution in [3.63, 3.8) is 0 Å². The van der Waals surface area contributed by atoms with Gasteiger partial charge in [-0.05, 0) is 43.4 Å². The van der Waals surface area contributed by atoms with Crippen LogP contribution in [0.1, 0.15) is 38.5 Å². The van der Waals surface area contributed by atoms with E-state index in [-0.39, 0.29) is 0 Å². The van der Waals surface area contributed by atoms with Crippen molar-refractivity contribution in [2.45, 2.75) is 44.6 Å². The molecule has 3 aliphatic rings. The maximum absolute atomic E-state index is 6.15. The summed E-state index contributed by atoms with van der Waals surface area (Å²) in [6, 6.07) is 0.505. The molecule has 2 aliphatic carbocycles. The van der Waals surface area contributed by atoms with Crippen LogP contribution in [0.4, 0.5) is 0 Å². The Balaban J connectivity index is 1.52. The molecule has 0 aromatic rings. The highest BCUT2D eigenvalue weighted by atomic mass is 15.2. The predicted octanol–water partition coefficient (Wildman–Crippen LogP) is 1.85. The van der Waals surface area contributed by atoms with Gasteiger partial charge in [-0.2, -0.15) is 0 Å². The quantitative estimate of drug-likeness (QED) is 0.750. The first-order valence-electron chi connectivity index (χ1n) is 6.81. The number of hydrogen-bond donors (Lipinski definition) is 1. The van der Waals surface area contributed by atoms with E-state index in [1.165, 1.54) is 58.2 Å². The van der Waals surface area contributed by atoms with E-state index in [0.717, 1.165) is 17.8 Å². The van der Waals surface area contributed by atoms with Crippen molar-refractivity contribution in [2.24, 2.45) is 23.5 Å². The molecule has 3 fully saturated rings. The fourth-order valence-electron chi connectivity index (χ4n) is 4.11. The van der Waals surface area contributed by atoms with Gasteiger partial charge in [0.05, 0.1) is 0 Å². The minimum Gasteiger partial charge on any atom is -0.327 e. The Morgan fingerprint density at radius 2 is 1.60 bits per heavy atom. The van der Waals surface area contributed by atoms with Gasteiger partial charge in [-0.3, -0.25) is 0 Å². The minimum absolute atomic E-state index is 0.505. The summed E-state index contributed by atoms with van der Waals surface area (Å²) in [5.74, 6) is 2.90. The van der Waals surface area contributed by atoms with E-state index in [2.05, 4.69) is 4.90 Å². The molecule has 3 rings (SSSR count). The molecule has 4 unspecified atom stereocenters. The third-order valence-corrected chi connectivity index (χ3v) is 5.01. The highest BCUT2D eigenvalue weighted by Crippen LogP contribution is 2.38. The first kappa shape index (κ1) is 10.1. The summed E-state index contributed by atoms with van der Waals surface area (Å²) in [5.41, 5.74) is 6.15. The highest BCUT2D eigenvalue weighted by Gasteiger charge is 2.37. The van der Waals surface area contributed by atoms with Gasteiger partial charge in [0.25, 0.3) is 0 Å². The van der Waals surface area contributed by atoms with Gasteiger partial charge in [0.2, 0.25) is 0 Å². The van der Waals surface area contributed by atoms with Crippen LogP contribution in [0, 0.1) is 17.8 Å². The van der Waals surface area contributed by atoms with E-state index in [0.29, 0.717) is 6.04 Å². The summed E-state index contributed by atoms with van der Waals surface area (Å²) in [4.78, 5) is 2.71. The second-order valence-electron chi connectivity index (χ2n) is 6.02. The van der Waals surface area contributed by atoms with E-state index >= 15 is 0 Å². The molecule has 4 atom stereocenters. The summed E-state index contributed by atoms with van der Waals surface area (Å²) >= 11 is 0. The van der Waals surface area contributed by atoms with Crippen LogP contribution < -0.4 is 5.73 Å². The van der Waals surface area contributed by atoms with Gasteiger partial charge < -0.3 is 10.6 Å². The van der Waals surface area contributed by atoms with Gasteiger partial charge in [0.1, 0.15) is 0 Å². The van der Waals surface area contributed by atoms with Crippen LogP contribution in [0.3, 0.4) is 0 Å². The second kappa shape index (κ2) is 4.06. The molecule has 0 spiro atoms. The maximum atomic E-state index is 6.15. The lowest BCUT2D eigenvalue weighted by molar-refractivity contribution is 0.250. The molecule has 0 aromatic carbocycles. The van der Waals surface area contributed by atoms with E-state index in [1.54, 1.807) is 0 Å². The number of likely N-dealkylation sites (tertiary alicyclic amines) is 1. The number of nitrogens with zero attached hydrogens (tertiary/aromatic N) is 1. The normalized spacial score (nSPS) is 46.2. The summed E-state index contributed by atoms with van der Waals surface area (Å²) < 4.78 is 0. The first-order chi connectivity index (χ1) is 7.33. The third kappa shape index (κ3) is 1.94. The van der Waals surface area contributed by atoms with Crippen molar-refractivity contribution in [1.29, 1.82) is 0 Å². The Labute approximate surface area is 93.2 Å². The Kier molecular flexibility index (Phi) is 2.73. The zero-order chi connectivity index (χ0) is 10.3. The van der Waals surface area contributed by atoms with Gasteiger partial charge >= 0.3 is 0 Å². The van der Waals surface area contributed by atoms with Crippen molar-refractivity contribution in [3.05, 3.63) is 0 Å². The molecular weight excluding hydrogens is 184 g/mol. The fourth-order valence-corrected chi connectivity index (χ4v) is 4.11. The van der Waals surface area contributed by atoms with Gasteiger partial charge in [0.15, 0.2) is 0 Å². The lowest BCUT2D eigenvalue weighted by Gasteiger charge is -2.23. The zero-order valence-corrected chi connectivity index (χ0v) is 9.70. The SMILES string of the molecule is NC1CCCC1CN1CC2CCCC2C1. The van der Waals surface area contributed by atoms with Crippen molar-refractivity contribution >= 4 is 0 Å². The van der Waals surface area contributed by atoms with Crippen LogP contribution in [-0.4, -0.2) is 30.6 Å². The Hall–Kier alpha value is -0.0800. The standard InChI is InChI=1S/C13H24N2/c14-13-6-2-5-12(13)9-15-7-10-3-1-4-11(10)8-15/h10-13H,1-9,14H2. The van der Waals surface area contributed by atoms with Crippen LogP contribution in [0.2, 0.25) is 0 Å². The van der Waals surface area contributed by atoms with Gasteiger partial charge in [-0.15, -0.1) is 0 Å². The smallest absolute Gasteiger partial charge is 0.00793 e. The molecule has 0 radical (unpaired) electrons. The Morgan fingerprint density at radius 1 is 0.933 bits per heavy atom. The zero-order valence-electron chi connectivity index (χ0n) is 9.70. The van der Waals surface area contributed by atoms with E-state index in [9.17, 15) is 0 Å². The molecule has 1 aliphatic heterocycles. The fraction of sp³-hybridized carbons (Fsp3) is 1.00. The second-order valence-corrected chi connectivity index (χ2v) is 6.02. The molecule has 1 saturated heterocycles. The van der Waals surface area contributed by atoms with Gasteiger partial charge in [-0.25, -0.2) is 0 Å². The lowest BCUT2D eigenvalue weighted by atomic mass is 10.0. The summed E-state index contributed by atoms with van der Waals surface area (Å²) in [6.45, 7) is 4.07. The summed E-state index contributed by atoms with van der Waals surface area (Å²) in [7, 11) is 0. The largest absolute Gasteiger partial charge is 0.327 e. The monoisotopic (exact) mass is 208 g/mol. The molecule has 0 amide bonds. The highest BCUT2D eigenvalue weighted by molar-refractivity contribution is 4.91. The number of hydrogen-bond acceptors (Lipinski definition) is 2. The summed E-state index contributed by atoms with van der Waals surface area (Å²) in [5, 5.41) is 0. The molecule has 1 heterocycles. The Bertz CT molecular complexity index is 217. The Morgan fingerprint density at radius 3 is 2.20 bits per heavy atom. The van der Waals surface area contributed by atoms with E-state index in [4.69, 9.17) is 5.73 Å². The number of fused-ring (bicyclic) bond motifs is 1. The number of nitrogens with two attached hydrogens (primary N) is 1. The maximum Gasteiger partial charge on any atom is 0.00793 e. The lowest BCUT2D eigenvalue weighted by Crippen LogP contribution is -2.35. The topological polar surface area (TPSA) is 29.3 Å². The number of rotatable bonds is 2. The molecule has 86 valence electrons. The first-order valence-corrected chi connectivity index (χ1v) is 6.81. The van der Waals surface area contributed by atoms with E-state index in [1.807, 2.05) is 0 Å². The minimum atomic E-state index is 0.505. The van der Waals surface area contributed by atoms with Crippen molar-refractivity contribution in [3.8, 4) is 0 Å². The predicted molar refractivity (Wildman–Crippen MR) is 62.6 cm³/mol. The van der Waals surface area contributed by atoms with Crippen LogP contribution in [0.5, 0.6) is 0 Å². The average molecular weight is 208 g/mol. The summed E-state index contributed by atoms with van der Waals surface area (Å²) in [6.07, 6.45) is 8.51. The van der Waals surface area contributed by atoms with Gasteiger partial charge in [-0.1, -0.05) is 12.8 Å². The molecule has 0 aromatic heterocycles. The third-order valence-electron chi connectivity index (χ3n) is 5.01. The van der Waals surface area contributed by atoms with Gasteiger partial charge in [0, 0.05) is 25.7 Å². The molecule has 2 nitrogen and oxygen atoms in total. The molecule has 15 heavy (non-hydrogen) atoms. The molecule has 2 heteroatoms. The van der Waals surface area contributed by atoms with E-state index < -0.39 is 0 Å². The van der Waals surface area contributed by atoms with Crippen LogP contribution in [0.25, 0.3) is 0 Å².